The number of imidazole rings is 1. The zero-order valence-electron chi connectivity index (χ0n) is 12.7. The molecule has 0 spiro atoms. The number of nitrogens with two attached hydrogens (primary N) is 1. The maximum atomic E-state index is 6.16. The predicted molar refractivity (Wildman–Crippen MR) is 85.4 cm³/mol. The van der Waals surface area contributed by atoms with Crippen LogP contribution in [0.25, 0.3) is 11.0 Å². The van der Waals surface area contributed by atoms with Crippen molar-refractivity contribution in [3.63, 3.8) is 0 Å². The van der Waals surface area contributed by atoms with E-state index in [4.69, 9.17) is 10.5 Å². The first-order valence-electron chi connectivity index (χ1n) is 7.54. The maximum absolute atomic E-state index is 6.16. The van der Waals surface area contributed by atoms with Crippen LogP contribution in [0, 0.1) is 0 Å². The molecule has 6 nitrogen and oxygen atoms in total. The number of nitrogen functional groups attached to an aromatic ring is 1. The van der Waals surface area contributed by atoms with Crippen molar-refractivity contribution in [1.82, 2.24) is 14.6 Å². The molecule has 6 heteroatoms. The molecule has 2 aromatic rings. The van der Waals surface area contributed by atoms with Crippen molar-refractivity contribution in [2.24, 2.45) is 0 Å². The Labute approximate surface area is 125 Å². The highest BCUT2D eigenvalue weighted by atomic mass is 16.5. The Kier molecular flexibility index (Phi) is 3.88. The number of ether oxygens (including phenoxy) is 1. The zero-order valence-corrected chi connectivity index (χ0v) is 12.7. The molecule has 0 saturated carbocycles. The number of benzene rings is 1. The molecule has 1 saturated heterocycles. The van der Waals surface area contributed by atoms with E-state index < -0.39 is 0 Å². The van der Waals surface area contributed by atoms with Gasteiger partial charge in [0.1, 0.15) is 11.3 Å². The van der Waals surface area contributed by atoms with Crippen LogP contribution in [-0.2, 0) is 0 Å². The van der Waals surface area contributed by atoms with E-state index >= 15 is 0 Å². The van der Waals surface area contributed by atoms with Crippen molar-refractivity contribution in [1.29, 1.82) is 0 Å². The molecule has 0 radical (unpaired) electrons. The second-order valence-electron chi connectivity index (χ2n) is 5.51. The van der Waals surface area contributed by atoms with Gasteiger partial charge < -0.3 is 20.4 Å². The Morgan fingerprint density at radius 3 is 2.71 bits per heavy atom. The number of hydrogen-bond acceptors (Lipinski definition) is 5. The predicted octanol–water partition coefficient (Wildman–Crippen LogP) is 1.29. The van der Waals surface area contributed by atoms with Crippen LogP contribution < -0.4 is 15.5 Å². The van der Waals surface area contributed by atoms with Crippen LogP contribution in [0.5, 0.6) is 5.75 Å². The van der Waals surface area contributed by atoms with Gasteiger partial charge in [0.05, 0.1) is 12.1 Å². The Balaban J connectivity index is 1.97. The lowest BCUT2D eigenvalue weighted by molar-refractivity contribution is 0.290. The van der Waals surface area contributed by atoms with Crippen molar-refractivity contribution in [2.45, 2.75) is 13.3 Å². The van der Waals surface area contributed by atoms with Gasteiger partial charge in [-0.3, -0.25) is 0 Å². The number of aromatic nitrogens is 2. The third-order valence-corrected chi connectivity index (χ3v) is 3.87. The summed E-state index contributed by atoms with van der Waals surface area (Å²) in [6.45, 7) is 6.76. The SMILES string of the molecule is CCCOc1cccc2c1nc(N)n2N1CCN(C)CC1. The second kappa shape index (κ2) is 5.81. The molecule has 1 aromatic heterocycles. The van der Waals surface area contributed by atoms with Gasteiger partial charge in [-0.25, -0.2) is 9.66 Å². The molecule has 2 heterocycles. The van der Waals surface area contributed by atoms with E-state index in [1.165, 1.54) is 0 Å². The summed E-state index contributed by atoms with van der Waals surface area (Å²) in [7, 11) is 2.14. The quantitative estimate of drug-likeness (QED) is 0.919. The van der Waals surface area contributed by atoms with Gasteiger partial charge in [0.2, 0.25) is 5.95 Å². The fraction of sp³-hybridized carbons (Fsp3) is 0.533. The molecule has 1 fully saturated rings. The number of anilines is 1. The summed E-state index contributed by atoms with van der Waals surface area (Å²) < 4.78 is 7.81. The van der Waals surface area contributed by atoms with Crippen molar-refractivity contribution in [3.05, 3.63) is 18.2 Å². The molecular weight excluding hydrogens is 266 g/mol. The fourth-order valence-corrected chi connectivity index (χ4v) is 2.70. The Bertz CT molecular complexity index is 616. The van der Waals surface area contributed by atoms with Crippen LogP contribution in [0.2, 0.25) is 0 Å². The van der Waals surface area contributed by atoms with E-state index in [2.05, 4.69) is 34.9 Å². The first-order valence-corrected chi connectivity index (χ1v) is 7.54. The van der Waals surface area contributed by atoms with E-state index in [9.17, 15) is 0 Å². The largest absolute Gasteiger partial charge is 0.491 e. The molecule has 1 aliphatic heterocycles. The summed E-state index contributed by atoms with van der Waals surface area (Å²) in [4.78, 5) is 6.84. The summed E-state index contributed by atoms with van der Waals surface area (Å²) in [5.74, 6) is 1.34. The molecule has 0 aliphatic carbocycles. The summed E-state index contributed by atoms with van der Waals surface area (Å²) >= 11 is 0. The fourth-order valence-electron chi connectivity index (χ4n) is 2.70. The summed E-state index contributed by atoms with van der Waals surface area (Å²) in [6.07, 6.45) is 0.977. The minimum absolute atomic E-state index is 0.530. The molecule has 0 atom stereocenters. The van der Waals surface area contributed by atoms with Crippen molar-refractivity contribution >= 4 is 17.0 Å². The third kappa shape index (κ3) is 2.63. The zero-order chi connectivity index (χ0) is 14.8. The summed E-state index contributed by atoms with van der Waals surface area (Å²) in [5, 5.41) is 2.26. The topological polar surface area (TPSA) is 59.6 Å². The minimum Gasteiger partial charge on any atom is -0.491 e. The highest BCUT2D eigenvalue weighted by Gasteiger charge is 2.20. The van der Waals surface area contributed by atoms with E-state index in [0.29, 0.717) is 12.6 Å². The van der Waals surface area contributed by atoms with E-state index in [0.717, 1.165) is 49.4 Å². The highest BCUT2D eigenvalue weighted by Crippen LogP contribution is 2.27. The molecule has 0 bridgehead atoms. The minimum atomic E-state index is 0.530. The molecule has 1 aromatic carbocycles. The third-order valence-electron chi connectivity index (χ3n) is 3.87. The van der Waals surface area contributed by atoms with Crippen LogP contribution in [0.3, 0.4) is 0 Å². The van der Waals surface area contributed by atoms with Crippen LogP contribution in [0.15, 0.2) is 18.2 Å². The molecular formula is C15H23N5O. The number of hydrogen-bond donors (Lipinski definition) is 1. The maximum Gasteiger partial charge on any atom is 0.220 e. The van der Waals surface area contributed by atoms with Gasteiger partial charge in [-0.2, -0.15) is 0 Å². The molecule has 0 unspecified atom stereocenters. The first-order chi connectivity index (χ1) is 10.2. The average Bonchev–Trinajstić information content (AvgIpc) is 2.83. The van der Waals surface area contributed by atoms with Gasteiger partial charge in [-0.1, -0.05) is 13.0 Å². The Morgan fingerprint density at radius 1 is 1.24 bits per heavy atom. The summed E-state index contributed by atoms with van der Waals surface area (Å²) in [5.41, 5.74) is 8.03. The van der Waals surface area contributed by atoms with Crippen molar-refractivity contribution in [2.75, 3.05) is 50.6 Å². The van der Waals surface area contributed by atoms with Gasteiger partial charge >= 0.3 is 0 Å². The van der Waals surface area contributed by atoms with Crippen molar-refractivity contribution in [3.8, 4) is 5.75 Å². The van der Waals surface area contributed by atoms with E-state index in [-0.39, 0.29) is 0 Å². The van der Waals surface area contributed by atoms with Gasteiger partial charge in [0, 0.05) is 26.2 Å². The molecule has 3 rings (SSSR count). The lowest BCUT2D eigenvalue weighted by Crippen LogP contribution is -2.50. The monoisotopic (exact) mass is 289 g/mol. The lowest BCUT2D eigenvalue weighted by atomic mass is 10.3. The van der Waals surface area contributed by atoms with Crippen LogP contribution in [0.4, 0.5) is 5.95 Å². The molecule has 21 heavy (non-hydrogen) atoms. The molecule has 2 N–H and O–H groups in total. The lowest BCUT2D eigenvalue weighted by Gasteiger charge is -2.35. The van der Waals surface area contributed by atoms with Gasteiger partial charge in [0.25, 0.3) is 0 Å². The van der Waals surface area contributed by atoms with Crippen LogP contribution in [-0.4, -0.2) is 54.4 Å². The highest BCUT2D eigenvalue weighted by molar-refractivity contribution is 5.84. The average molecular weight is 289 g/mol. The number of rotatable bonds is 4. The number of para-hydroxylation sites is 1. The second-order valence-corrected chi connectivity index (χ2v) is 5.51. The Hall–Kier alpha value is -1.95. The van der Waals surface area contributed by atoms with Crippen molar-refractivity contribution < 1.29 is 4.74 Å². The summed E-state index contributed by atoms with van der Waals surface area (Å²) in [6, 6.07) is 6.01. The number of nitrogens with zero attached hydrogens (tertiary/aromatic N) is 4. The van der Waals surface area contributed by atoms with Crippen LogP contribution in [0.1, 0.15) is 13.3 Å². The normalized spacial score (nSPS) is 16.6. The standard InChI is InChI=1S/C15H23N5O/c1-3-11-21-13-6-4-5-12-14(13)17-15(16)20(12)19-9-7-18(2)8-10-19/h4-6H,3,7-11H2,1-2H3,(H2,16,17). The van der Waals surface area contributed by atoms with Gasteiger partial charge in [0.15, 0.2) is 0 Å². The number of likely N-dealkylation sites (N-methyl/N-ethyl adjacent to an activating group) is 1. The van der Waals surface area contributed by atoms with E-state index in [1.54, 1.807) is 0 Å². The van der Waals surface area contributed by atoms with E-state index in [1.807, 2.05) is 16.8 Å². The van der Waals surface area contributed by atoms with Crippen LogP contribution >= 0.6 is 0 Å². The number of piperazine rings is 1. The molecule has 1 aliphatic rings. The van der Waals surface area contributed by atoms with Gasteiger partial charge in [-0.05, 0) is 25.6 Å². The Morgan fingerprint density at radius 2 is 2.00 bits per heavy atom. The molecule has 0 amide bonds. The number of fused-ring (bicyclic) bond motifs is 1. The first kappa shape index (κ1) is 14.0. The molecule has 114 valence electrons. The smallest absolute Gasteiger partial charge is 0.220 e. The van der Waals surface area contributed by atoms with Gasteiger partial charge in [-0.15, -0.1) is 0 Å².